The van der Waals surface area contributed by atoms with E-state index in [1.165, 1.54) is 7.11 Å². The highest BCUT2D eigenvalue weighted by atomic mass is 16.5. The van der Waals surface area contributed by atoms with Crippen molar-refractivity contribution in [2.75, 3.05) is 7.11 Å². The first-order valence-corrected chi connectivity index (χ1v) is 6.90. The minimum Gasteiger partial charge on any atom is -0.467 e. The molecule has 0 saturated carbocycles. The van der Waals surface area contributed by atoms with E-state index in [2.05, 4.69) is 16.9 Å². The molecule has 1 aromatic heterocycles. The SMILES string of the molecule is C=C(C)C[C@H](NC(=O)c1ccc2ccccc2n1)C(=O)OC. The van der Waals surface area contributed by atoms with Crippen molar-refractivity contribution in [1.29, 1.82) is 0 Å². The number of carbonyl (C=O) groups is 2. The molecule has 114 valence electrons. The molecular weight excluding hydrogens is 280 g/mol. The molecule has 1 amide bonds. The van der Waals surface area contributed by atoms with Crippen LogP contribution in [0, 0.1) is 0 Å². The number of rotatable bonds is 5. The minimum absolute atomic E-state index is 0.259. The molecule has 1 atom stereocenters. The highest BCUT2D eigenvalue weighted by Crippen LogP contribution is 2.12. The van der Waals surface area contributed by atoms with Crippen molar-refractivity contribution in [3.8, 4) is 0 Å². The number of hydrogen-bond acceptors (Lipinski definition) is 4. The largest absolute Gasteiger partial charge is 0.467 e. The number of methoxy groups -OCH3 is 1. The van der Waals surface area contributed by atoms with Gasteiger partial charge in [0.25, 0.3) is 5.91 Å². The lowest BCUT2D eigenvalue weighted by Gasteiger charge is -2.16. The Labute approximate surface area is 129 Å². The molecule has 22 heavy (non-hydrogen) atoms. The van der Waals surface area contributed by atoms with Gasteiger partial charge in [-0.05, 0) is 25.5 Å². The fourth-order valence-corrected chi connectivity index (χ4v) is 2.11. The Morgan fingerprint density at radius 2 is 2.00 bits per heavy atom. The highest BCUT2D eigenvalue weighted by molar-refractivity contribution is 5.97. The Bertz CT molecular complexity index is 725. The van der Waals surface area contributed by atoms with Gasteiger partial charge in [0.05, 0.1) is 12.6 Å². The van der Waals surface area contributed by atoms with Gasteiger partial charge >= 0.3 is 5.97 Å². The number of fused-ring (bicyclic) bond motifs is 1. The zero-order valence-corrected chi connectivity index (χ0v) is 12.6. The molecule has 0 aliphatic rings. The van der Waals surface area contributed by atoms with Crippen molar-refractivity contribution < 1.29 is 14.3 Å². The van der Waals surface area contributed by atoms with Gasteiger partial charge in [0.15, 0.2) is 0 Å². The Kier molecular flexibility index (Phi) is 4.88. The number of carbonyl (C=O) groups excluding carboxylic acids is 2. The molecule has 1 N–H and O–H groups in total. The number of amides is 1. The highest BCUT2D eigenvalue weighted by Gasteiger charge is 2.22. The van der Waals surface area contributed by atoms with Crippen molar-refractivity contribution in [3.63, 3.8) is 0 Å². The normalized spacial score (nSPS) is 11.7. The van der Waals surface area contributed by atoms with Gasteiger partial charge in [-0.1, -0.05) is 29.8 Å². The molecule has 2 aromatic rings. The van der Waals surface area contributed by atoms with Crippen molar-refractivity contribution >= 4 is 22.8 Å². The van der Waals surface area contributed by atoms with Crippen LogP contribution >= 0.6 is 0 Å². The van der Waals surface area contributed by atoms with Crippen LogP contribution in [0.15, 0.2) is 48.6 Å². The molecule has 0 spiro atoms. The lowest BCUT2D eigenvalue weighted by atomic mass is 10.1. The number of para-hydroxylation sites is 1. The molecule has 0 aliphatic heterocycles. The Morgan fingerprint density at radius 1 is 1.27 bits per heavy atom. The number of benzene rings is 1. The van der Waals surface area contributed by atoms with Crippen LogP contribution in [0.4, 0.5) is 0 Å². The zero-order valence-electron chi connectivity index (χ0n) is 12.6. The van der Waals surface area contributed by atoms with E-state index in [4.69, 9.17) is 4.74 Å². The molecule has 0 unspecified atom stereocenters. The molecule has 0 saturated heterocycles. The van der Waals surface area contributed by atoms with Gasteiger partial charge in [-0.15, -0.1) is 6.58 Å². The maximum atomic E-state index is 12.3. The van der Waals surface area contributed by atoms with Crippen molar-refractivity contribution in [2.24, 2.45) is 0 Å². The van der Waals surface area contributed by atoms with Gasteiger partial charge in [0.1, 0.15) is 11.7 Å². The van der Waals surface area contributed by atoms with Crippen molar-refractivity contribution in [2.45, 2.75) is 19.4 Å². The quantitative estimate of drug-likeness (QED) is 0.680. The Balaban J connectivity index is 2.20. The van der Waals surface area contributed by atoms with E-state index in [1.807, 2.05) is 30.3 Å². The van der Waals surface area contributed by atoms with Crippen molar-refractivity contribution in [1.82, 2.24) is 10.3 Å². The third-order valence-corrected chi connectivity index (χ3v) is 3.17. The lowest BCUT2D eigenvalue weighted by molar-refractivity contribution is -0.142. The first-order valence-electron chi connectivity index (χ1n) is 6.90. The fraction of sp³-hybridized carbons (Fsp3) is 0.235. The van der Waals surface area contributed by atoms with Crippen LogP contribution in [0.25, 0.3) is 10.9 Å². The third kappa shape index (κ3) is 3.69. The van der Waals surface area contributed by atoms with Crippen LogP contribution in [-0.2, 0) is 9.53 Å². The summed E-state index contributed by atoms with van der Waals surface area (Å²) in [4.78, 5) is 28.3. The molecule has 5 nitrogen and oxygen atoms in total. The number of ether oxygens (including phenoxy) is 1. The zero-order chi connectivity index (χ0) is 16.1. The summed E-state index contributed by atoms with van der Waals surface area (Å²) in [5.41, 5.74) is 1.76. The third-order valence-electron chi connectivity index (χ3n) is 3.17. The summed E-state index contributed by atoms with van der Waals surface area (Å²) in [6.45, 7) is 5.55. The number of esters is 1. The summed E-state index contributed by atoms with van der Waals surface area (Å²) in [5, 5.41) is 3.59. The molecule has 1 heterocycles. The summed E-state index contributed by atoms with van der Waals surface area (Å²) < 4.78 is 4.71. The van der Waals surface area contributed by atoms with Gasteiger partial charge < -0.3 is 10.1 Å². The number of aromatic nitrogens is 1. The molecule has 5 heteroatoms. The predicted molar refractivity (Wildman–Crippen MR) is 84.4 cm³/mol. The number of nitrogens with zero attached hydrogens (tertiary/aromatic N) is 1. The van der Waals surface area contributed by atoms with E-state index in [1.54, 1.807) is 13.0 Å². The van der Waals surface area contributed by atoms with Gasteiger partial charge in [0, 0.05) is 5.39 Å². The first kappa shape index (κ1) is 15.7. The van der Waals surface area contributed by atoms with E-state index < -0.39 is 17.9 Å². The number of nitrogens with one attached hydrogen (secondary N) is 1. The molecule has 0 fully saturated rings. The molecule has 0 radical (unpaired) electrons. The second-order valence-electron chi connectivity index (χ2n) is 5.10. The average Bonchev–Trinajstić information content (AvgIpc) is 2.52. The Morgan fingerprint density at radius 3 is 2.68 bits per heavy atom. The van der Waals surface area contributed by atoms with Crippen LogP contribution in [-0.4, -0.2) is 30.0 Å². The van der Waals surface area contributed by atoms with E-state index in [0.29, 0.717) is 6.42 Å². The molecule has 2 rings (SSSR count). The smallest absolute Gasteiger partial charge is 0.328 e. The monoisotopic (exact) mass is 298 g/mol. The molecular formula is C17H18N2O3. The lowest BCUT2D eigenvalue weighted by Crippen LogP contribution is -2.41. The van der Waals surface area contributed by atoms with E-state index in [9.17, 15) is 9.59 Å². The summed E-state index contributed by atoms with van der Waals surface area (Å²) in [7, 11) is 1.29. The van der Waals surface area contributed by atoms with E-state index >= 15 is 0 Å². The standard InChI is InChI=1S/C17H18N2O3/c1-11(2)10-15(17(21)22-3)19-16(20)14-9-8-12-6-4-5-7-13(12)18-14/h4-9,15H,1,10H2,2-3H3,(H,19,20)/t15-/m0/s1. The summed E-state index contributed by atoms with van der Waals surface area (Å²) >= 11 is 0. The van der Waals surface area contributed by atoms with E-state index in [-0.39, 0.29) is 5.69 Å². The van der Waals surface area contributed by atoms with Gasteiger partial charge in [-0.25, -0.2) is 9.78 Å². The number of pyridine rings is 1. The van der Waals surface area contributed by atoms with Gasteiger partial charge in [-0.3, -0.25) is 4.79 Å². The predicted octanol–water partition coefficient (Wildman–Crippen LogP) is 2.47. The Hall–Kier alpha value is -2.69. The second-order valence-corrected chi connectivity index (χ2v) is 5.10. The molecule has 0 aliphatic carbocycles. The van der Waals surface area contributed by atoms with Crippen LogP contribution in [0.2, 0.25) is 0 Å². The fourth-order valence-electron chi connectivity index (χ4n) is 2.11. The maximum Gasteiger partial charge on any atom is 0.328 e. The van der Waals surface area contributed by atoms with Crippen LogP contribution < -0.4 is 5.32 Å². The topological polar surface area (TPSA) is 68.3 Å². The molecule has 0 bridgehead atoms. The average molecular weight is 298 g/mol. The van der Waals surface area contributed by atoms with E-state index in [0.717, 1.165) is 16.5 Å². The summed E-state index contributed by atoms with van der Waals surface area (Å²) in [5.74, 6) is -0.917. The summed E-state index contributed by atoms with van der Waals surface area (Å²) in [6, 6.07) is 10.2. The first-order chi connectivity index (χ1) is 10.5. The van der Waals surface area contributed by atoms with Crippen molar-refractivity contribution in [3.05, 3.63) is 54.2 Å². The van der Waals surface area contributed by atoms with Gasteiger partial charge in [0.2, 0.25) is 0 Å². The van der Waals surface area contributed by atoms with Crippen LogP contribution in [0.3, 0.4) is 0 Å². The number of hydrogen-bond donors (Lipinski definition) is 1. The minimum atomic E-state index is -0.761. The molecule has 1 aromatic carbocycles. The summed E-state index contributed by atoms with van der Waals surface area (Å²) in [6.07, 6.45) is 0.325. The van der Waals surface area contributed by atoms with Crippen LogP contribution in [0.1, 0.15) is 23.8 Å². The maximum absolute atomic E-state index is 12.3. The second kappa shape index (κ2) is 6.85. The van der Waals surface area contributed by atoms with Gasteiger partial charge in [-0.2, -0.15) is 0 Å². The van der Waals surface area contributed by atoms with Crippen LogP contribution in [0.5, 0.6) is 0 Å².